The number of anilines is 5. The van der Waals surface area contributed by atoms with Crippen LogP contribution in [0.1, 0.15) is 75.5 Å². The molecule has 1 saturated heterocycles. The Morgan fingerprint density at radius 1 is 0.567 bits per heavy atom. The van der Waals surface area contributed by atoms with E-state index in [-0.39, 0.29) is 17.7 Å². The molecule has 0 unspecified atom stereocenters. The molecular formula is C50H47N5O5. The van der Waals surface area contributed by atoms with Crippen LogP contribution in [0.3, 0.4) is 0 Å². The SMILES string of the molecule is CCN(CC)c1ccc2c(c1)Oc1cc(N(CC)CC)ccc1C21c2ccccc2C(=O)N1c1ccc(N2C(=O)c3cccc4c(N5CCOCC5)ccc(c34)C2=O)cc1. The third-order valence-corrected chi connectivity index (χ3v) is 12.9. The summed E-state index contributed by atoms with van der Waals surface area (Å²) in [7, 11) is 0. The van der Waals surface area contributed by atoms with Crippen LogP contribution in [0.15, 0.2) is 115 Å². The molecule has 0 aliphatic carbocycles. The average molecular weight is 798 g/mol. The Labute approximate surface area is 350 Å². The molecule has 6 aromatic carbocycles. The van der Waals surface area contributed by atoms with Gasteiger partial charge < -0.3 is 24.2 Å². The number of ether oxygens (including phenoxy) is 2. The maximum absolute atomic E-state index is 15.0. The zero-order chi connectivity index (χ0) is 41.3. The van der Waals surface area contributed by atoms with E-state index >= 15 is 4.79 Å². The van der Waals surface area contributed by atoms with Crippen molar-refractivity contribution in [1.82, 2.24) is 0 Å². The van der Waals surface area contributed by atoms with Crippen LogP contribution < -0.4 is 29.2 Å². The predicted molar refractivity (Wildman–Crippen MR) is 238 cm³/mol. The van der Waals surface area contributed by atoms with Crippen molar-refractivity contribution >= 4 is 56.9 Å². The molecule has 0 saturated carbocycles. The van der Waals surface area contributed by atoms with E-state index in [9.17, 15) is 9.59 Å². The number of amides is 3. The fourth-order valence-corrected chi connectivity index (χ4v) is 9.99. The molecule has 0 atom stereocenters. The largest absolute Gasteiger partial charge is 0.456 e. The van der Waals surface area contributed by atoms with E-state index in [0.29, 0.717) is 58.2 Å². The molecule has 4 aliphatic rings. The average Bonchev–Trinajstić information content (AvgIpc) is 3.54. The van der Waals surface area contributed by atoms with Gasteiger partial charge in [-0.3, -0.25) is 19.3 Å². The van der Waals surface area contributed by atoms with E-state index < -0.39 is 5.54 Å². The quantitative estimate of drug-likeness (QED) is 0.134. The standard InChI is InChI=1S/C50H47N5O5/c1-5-51(6-2)34-20-23-41-44(30-34)60-45-31-35(52(7-3)8-4)21-24-42(45)50(41)40-15-10-9-12-36(40)49(58)55(50)33-18-16-32(17-19-33)54-47(56)38-14-11-13-37-43(53-26-28-59-29-27-53)25-22-39(46(37)38)48(54)57/h9-25,30-31H,5-8,26-29H2,1-4H3. The molecule has 0 bridgehead atoms. The summed E-state index contributed by atoms with van der Waals surface area (Å²) < 4.78 is 12.5. The van der Waals surface area contributed by atoms with E-state index in [1.165, 1.54) is 4.90 Å². The van der Waals surface area contributed by atoms with Crippen molar-refractivity contribution in [3.05, 3.63) is 149 Å². The number of hydrogen-bond donors (Lipinski definition) is 0. The minimum atomic E-state index is -1.09. The third-order valence-electron chi connectivity index (χ3n) is 12.9. The van der Waals surface area contributed by atoms with E-state index in [0.717, 1.165) is 78.4 Å². The molecule has 1 fully saturated rings. The van der Waals surface area contributed by atoms with Crippen LogP contribution in [0.25, 0.3) is 10.8 Å². The molecule has 0 N–H and O–H groups in total. The number of fused-ring (bicyclic) bond motifs is 6. The molecule has 1 spiro atoms. The highest BCUT2D eigenvalue weighted by Crippen LogP contribution is 2.59. The lowest BCUT2D eigenvalue weighted by molar-refractivity contribution is 0.0892. The zero-order valence-electron chi connectivity index (χ0n) is 34.4. The summed E-state index contributed by atoms with van der Waals surface area (Å²) in [4.78, 5) is 53.8. The fraction of sp³-hybridized carbons (Fsp3) is 0.260. The van der Waals surface area contributed by atoms with Gasteiger partial charge in [-0.05, 0) is 88.4 Å². The van der Waals surface area contributed by atoms with Crippen LogP contribution in [-0.2, 0) is 10.3 Å². The minimum absolute atomic E-state index is 0.153. The van der Waals surface area contributed by atoms with Gasteiger partial charge in [0.15, 0.2) is 0 Å². The maximum Gasteiger partial charge on any atom is 0.265 e. The van der Waals surface area contributed by atoms with E-state index in [4.69, 9.17) is 9.47 Å². The Morgan fingerprint density at radius 2 is 1.13 bits per heavy atom. The minimum Gasteiger partial charge on any atom is -0.456 e. The van der Waals surface area contributed by atoms with Gasteiger partial charge in [-0.25, -0.2) is 4.90 Å². The molecule has 4 heterocycles. The number of morpholine rings is 1. The van der Waals surface area contributed by atoms with Crippen LogP contribution in [0.5, 0.6) is 11.5 Å². The number of hydrogen-bond acceptors (Lipinski definition) is 8. The summed E-state index contributed by atoms with van der Waals surface area (Å²) in [6, 6.07) is 37.2. The first kappa shape index (κ1) is 37.6. The van der Waals surface area contributed by atoms with Crippen molar-refractivity contribution < 1.29 is 23.9 Å². The van der Waals surface area contributed by atoms with Gasteiger partial charge in [0.05, 0.1) is 18.9 Å². The maximum atomic E-state index is 15.0. The monoisotopic (exact) mass is 797 g/mol. The van der Waals surface area contributed by atoms with Gasteiger partial charge in [0.1, 0.15) is 17.0 Å². The number of benzene rings is 6. The molecule has 10 heteroatoms. The Morgan fingerprint density at radius 3 is 1.75 bits per heavy atom. The first-order valence-corrected chi connectivity index (χ1v) is 21.1. The van der Waals surface area contributed by atoms with Crippen molar-refractivity contribution in [3.8, 4) is 11.5 Å². The van der Waals surface area contributed by atoms with Crippen molar-refractivity contribution in [3.63, 3.8) is 0 Å². The Bertz CT molecular complexity index is 2630. The molecule has 10 rings (SSSR count). The molecule has 4 aliphatic heterocycles. The third kappa shape index (κ3) is 5.39. The first-order valence-electron chi connectivity index (χ1n) is 21.1. The van der Waals surface area contributed by atoms with Crippen molar-refractivity contribution in [2.45, 2.75) is 33.2 Å². The predicted octanol–water partition coefficient (Wildman–Crippen LogP) is 9.23. The van der Waals surface area contributed by atoms with Crippen molar-refractivity contribution in [2.24, 2.45) is 0 Å². The molecule has 6 aromatic rings. The van der Waals surface area contributed by atoms with Gasteiger partial charge in [0, 0.05) is 118 Å². The van der Waals surface area contributed by atoms with Gasteiger partial charge in [-0.1, -0.05) is 42.5 Å². The summed E-state index contributed by atoms with van der Waals surface area (Å²) >= 11 is 0. The molecule has 302 valence electrons. The normalized spacial score (nSPS) is 16.2. The van der Waals surface area contributed by atoms with Crippen molar-refractivity contribution in [1.29, 1.82) is 0 Å². The van der Waals surface area contributed by atoms with Gasteiger partial charge in [0.2, 0.25) is 0 Å². The Kier molecular flexibility index (Phi) is 9.13. The van der Waals surface area contributed by atoms with Gasteiger partial charge in [-0.15, -0.1) is 0 Å². The molecule has 0 radical (unpaired) electrons. The first-order chi connectivity index (χ1) is 29.3. The fourth-order valence-electron chi connectivity index (χ4n) is 9.99. The zero-order valence-corrected chi connectivity index (χ0v) is 34.4. The lowest BCUT2D eigenvalue weighted by Crippen LogP contribution is -2.47. The summed E-state index contributed by atoms with van der Waals surface area (Å²) in [6.07, 6.45) is 0. The second-order valence-electron chi connectivity index (χ2n) is 15.6. The smallest absolute Gasteiger partial charge is 0.265 e. The summed E-state index contributed by atoms with van der Waals surface area (Å²) in [5, 5.41) is 1.56. The van der Waals surface area contributed by atoms with Gasteiger partial charge >= 0.3 is 0 Å². The molecule has 10 nitrogen and oxygen atoms in total. The Balaban J connectivity index is 1.10. The topological polar surface area (TPSA) is 85.9 Å². The molecule has 60 heavy (non-hydrogen) atoms. The van der Waals surface area contributed by atoms with E-state index in [2.05, 4.69) is 78.8 Å². The number of carbonyl (C=O) groups excluding carboxylic acids is 3. The van der Waals surface area contributed by atoms with E-state index in [1.807, 2.05) is 65.6 Å². The second-order valence-corrected chi connectivity index (χ2v) is 15.6. The second kappa shape index (κ2) is 14.6. The van der Waals surface area contributed by atoms with Crippen LogP contribution in [0, 0.1) is 0 Å². The highest BCUT2D eigenvalue weighted by atomic mass is 16.5. The van der Waals surface area contributed by atoms with Gasteiger partial charge in [-0.2, -0.15) is 0 Å². The van der Waals surface area contributed by atoms with Crippen LogP contribution in [0.4, 0.5) is 28.4 Å². The molecule has 3 amide bonds. The number of rotatable bonds is 9. The number of nitrogens with zero attached hydrogens (tertiary/aromatic N) is 5. The molecular weight excluding hydrogens is 751 g/mol. The van der Waals surface area contributed by atoms with Crippen LogP contribution in [-0.4, -0.2) is 70.2 Å². The highest BCUT2D eigenvalue weighted by Gasteiger charge is 2.57. The van der Waals surface area contributed by atoms with Crippen LogP contribution >= 0.6 is 0 Å². The summed E-state index contributed by atoms with van der Waals surface area (Å²) in [5.41, 5.74) is 7.15. The highest BCUT2D eigenvalue weighted by molar-refractivity contribution is 6.36. The van der Waals surface area contributed by atoms with Gasteiger partial charge in [0.25, 0.3) is 17.7 Å². The molecule has 0 aromatic heterocycles. The van der Waals surface area contributed by atoms with E-state index in [1.54, 1.807) is 18.2 Å². The summed E-state index contributed by atoms with van der Waals surface area (Å²) in [6.45, 7) is 14.6. The summed E-state index contributed by atoms with van der Waals surface area (Å²) in [5.74, 6) is 0.449. The number of carbonyl (C=O) groups is 3. The lowest BCUT2D eigenvalue weighted by Gasteiger charge is -2.44. The number of imide groups is 1. The van der Waals surface area contributed by atoms with Crippen LogP contribution in [0.2, 0.25) is 0 Å². The Hall–Kier alpha value is -6.65. The van der Waals surface area contributed by atoms with Crippen molar-refractivity contribution in [2.75, 3.05) is 77.0 Å². The lowest BCUT2D eigenvalue weighted by atomic mass is 9.74.